The molecular weight excluding hydrogens is 283 g/mol. The van der Waals surface area contributed by atoms with E-state index in [2.05, 4.69) is 0 Å². The number of sulfonamides is 1. The number of likely N-dealkylation sites (N-methyl/N-ethyl adjacent to an activating group) is 1. The molecule has 0 unspecified atom stereocenters. The van der Waals surface area contributed by atoms with Gasteiger partial charge in [0.1, 0.15) is 11.4 Å². The molecule has 0 atom stereocenters. The third kappa shape index (κ3) is 2.31. The molecule has 0 radical (unpaired) electrons. The smallest absolute Gasteiger partial charge is 0.244 e. The van der Waals surface area contributed by atoms with Gasteiger partial charge in [0, 0.05) is 20.1 Å². The number of benzene rings is 1. The fraction of sp³-hybridized carbons (Fsp3) is 0.462. The quantitative estimate of drug-likeness (QED) is 0.821. The number of piperazine rings is 1. The normalized spacial score (nSPS) is 20.2. The summed E-state index contributed by atoms with van der Waals surface area (Å²) in [6.45, 7) is 3.70. The molecule has 0 spiro atoms. The predicted molar refractivity (Wildman–Crippen MR) is 72.0 cm³/mol. The number of hydrogen-bond acceptors (Lipinski definition) is 3. The molecule has 110 valence electrons. The monoisotopic (exact) mass is 300 g/mol. The second kappa shape index (κ2) is 4.82. The lowest BCUT2D eigenvalue weighted by Gasteiger charge is -2.43. The second-order valence-electron chi connectivity index (χ2n) is 5.32. The highest BCUT2D eigenvalue weighted by Gasteiger charge is 2.46. The topological polar surface area (TPSA) is 57.7 Å². The van der Waals surface area contributed by atoms with Gasteiger partial charge in [0.05, 0.1) is 4.90 Å². The average molecular weight is 300 g/mol. The standard InChI is InChI=1S/C13H17FN2O3S/c1-13(2)12(17)15(3)8-9-16(13)20(18,19)11-6-4-10(14)5-7-11/h4-7H,8-9H2,1-3H3. The molecule has 1 fully saturated rings. The van der Waals surface area contributed by atoms with Crippen LogP contribution in [0.1, 0.15) is 13.8 Å². The van der Waals surface area contributed by atoms with Crippen LogP contribution in [0.15, 0.2) is 29.2 Å². The maximum atomic E-state index is 12.9. The number of hydrogen-bond donors (Lipinski definition) is 0. The molecule has 1 aliphatic rings. The summed E-state index contributed by atoms with van der Waals surface area (Å²) in [6.07, 6.45) is 0. The summed E-state index contributed by atoms with van der Waals surface area (Å²) >= 11 is 0. The van der Waals surface area contributed by atoms with Crippen LogP contribution in [0.3, 0.4) is 0 Å². The van der Waals surface area contributed by atoms with Crippen molar-refractivity contribution in [2.75, 3.05) is 20.1 Å². The van der Waals surface area contributed by atoms with Gasteiger partial charge in [0.25, 0.3) is 0 Å². The minimum absolute atomic E-state index is 0.00988. The fourth-order valence-corrected chi connectivity index (χ4v) is 4.09. The predicted octanol–water partition coefficient (Wildman–Crippen LogP) is 1.07. The molecule has 2 rings (SSSR count). The molecule has 1 heterocycles. The number of carbonyl (C=O) groups is 1. The number of nitrogens with zero attached hydrogens (tertiary/aromatic N) is 2. The summed E-state index contributed by atoms with van der Waals surface area (Å²) < 4.78 is 39.3. The van der Waals surface area contributed by atoms with E-state index in [1.165, 1.54) is 21.3 Å². The number of amides is 1. The summed E-state index contributed by atoms with van der Waals surface area (Å²) in [7, 11) is -2.18. The Morgan fingerprint density at radius 2 is 1.70 bits per heavy atom. The van der Waals surface area contributed by atoms with Crippen molar-refractivity contribution < 1.29 is 17.6 Å². The Morgan fingerprint density at radius 1 is 1.15 bits per heavy atom. The van der Waals surface area contributed by atoms with Crippen LogP contribution in [-0.2, 0) is 14.8 Å². The molecule has 0 bridgehead atoms. The molecule has 0 aliphatic carbocycles. The van der Waals surface area contributed by atoms with Crippen molar-refractivity contribution >= 4 is 15.9 Å². The highest BCUT2D eigenvalue weighted by molar-refractivity contribution is 7.89. The molecule has 0 N–H and O–H groups in total. The zero-order valence-electron chi connectivity index (χ0n) is 11.6. The van der Waals surface area contributed by atoms with Crippen molar-refractivity contribution in [3.05, 3.63) is 30.1 Å². The van der Waals surface area contributed by atoms with E-state index in [9.17, 15) is 17.6 Å². The van der Waals surface area contributed by atoms with Crippen LogP contribution >= 0.6 is 0 Å². The van der Waals surface area contributed by atoms with Crippen LogP contribution < -0.4 is 0 Å². The van der Waals surface area contributed by atoms with Gasteiger partial charge in [-0.25, -0.2) is 12.8 Å². The van der Waals surface area contributed by atoms with Crippen LogP contribution in [-0.4, -0.2) is 49.2 Å². The maximum Gasteiger partial charge on any atom is 0.244 e. The van der Waals surface area contributed by atoms with Gasteiger partial charge in [-0.05, 0) is 38.1 Å². The van der Waals surface area contributed by atoms with Crippen molar-refractivity contribution in [3.63, 3.8) is 0 Å². The van der Waals surface area contributed by atoms with Crippen LogP contribution in [0.2, 0.25) is 0 Å². The minimum Gasteiger partial charge on any atom is -0.343 e. The van der Waals surface area contributed by atoms with Gasteiger partial charge in [-0.2, -0.15) is 4.31 Å². The van der Waals surface area contributed by atoms with E-state index in [0.717, 1.165) is 12.1 Å². The minimum atomic E-state index is -3.82. The van der Waals surface area contributed by atoms with Gasteiger partial charge >= 0.3 is 0 Å². The molecule has 1 amide bonds. The van der Waals surface area contributed by atoms with Crippen LogP contribution in [0.5, 0.6) is 0 Å². The van der Waals surface area contributed by atoms with E-state index in [1.807, 2.05) is 0 Å². The van der Waals surface area contributed by atoms with Crippen LogP contribution in [0.4, 0.5) is 4.39 Å². The van der Waals surface area contributed by atoms with Crippen LogP contribution in [0, 0.1) is 5.82 Å². The molecule has 1 aromatic rings. The molecule has 0 saturated carbocycles. The first-order valence-corrected chi connectivity index (χ1v) is 7.65. The molecule has 1 aromatic carbocycles. The maximum absolute atomic E-state index is 12.9. The third-order valence-corrected chi connectivity index (χ3v) is 5.62. The van der Waals surface area contributed by atoms with Gasteiger partial charge in [-0.3, -0.25) is 4.79 Å². The van der Waals surface area contributed by atoms with Gasteiger partial charge < -0.3 is 4.90 Å². The zero-order valence-corrected chi connectivity index (χ0v) is 12.4. The molecule has 7 heteroatoms. The number of rotatable bonds is 2. The highest BCUT2D eigenvalue weighted by Crippen LogP contribution is 2.28. The Bertz CT molecular complexity index is 626. The Labute approximate surface area is 118 Å². The lowest BCUT2D eigenvalue weighted by Crippen LogP contribution is -2.63. The zero-order chi connectivity index (χ0) is 15.1. The first kappa shape index (κ1) is 14.9. The molecule has 0 aromatic heterocycles. The van der Waals surface area contributed by atoms with Gasteiger partial charge in [0.15, 0.2) is 0 Å². The second-order valence-corrected chi connectivity index (χ2v) is 7.18. The van der Waals surface area contributed by atoms with Gasteiger partial charge in [-0.1, -0.05) is 0 Å². The Hall–Kier alpha value is -1.47. The third-order valence-electron chi connectivity index (χ3n) is 3.53. The average Bonchev–Trinajstić information content (AvgIpc) is 2.36. The molecule has 5 nitrogen and oxygen atoms in total. The van der Waals surface area contributed by atoms with E-state index in [1.54, 1.807) is 20.9 Å². The van der Waals surface area contributed by atoms with Crippen molar-refractivity contribution in [1.82, 2.24) is 9.21 Å². The van der Waals surface area contributed by atoms with Crippen molar-refractivity contribution in [3.8, 4) is 0 Å². The Kier molecular flexibility index (Phi) is 3.60. The van der Waals surface area contributed by atoms with E-state index >= 15 is 0 Å². The van der Waals surface area contributed by atoms with Gasteiger partial charge in [-0.15, -0.1) is 0 Å². The molecule has 20 heavy (non-hydrogen) atoms. The first-order valence-electron chi connectivity index (χ1n) is 6.21. The summed E-state index contributed by atoms with van der Waals surface area (Å²) in [5.41, 5.74) is -1.15. The number of carbonyl (C=O) groups excluding carboxylic acids is 1. The molecule has 1 aliphatic heterocycles. The van der Waals surface area contributed by atoms with Crippen LogP contribution in [0.25, 0.3) is 0 Å². The molecule has 1 saturated heterocycles. The molecular formula is C13H17FN2O3S. The lowest BCUT2D eigenvalue weighted by atomic mass is 10.0. The SMILES string of the molecule is CN1CCN(S(=O)(=O)c2ccc(F)cc2)C(C)(C)C1=O. The van der Waals surface area contributed by atoms with E-state index in [-0.39, 0.29) is 17.3 Å². The Morgan fingerprint density at radius 3 is 2.25 bits per heavy atom. The summed E-state index contributed by atoms with van der Waals surface area (Å²) in [5.74, 6) is -0.757. The van der Waals surface area contributed by atoms with Crippen molar-refractivity contribution in [2.45, 2.75) is 24.3 Å². The summed E-state index contributed by atoms with van der Waals surface area (Å²) in [6, 6.07) is 4.61. The first-order chi connectivity index (χ1) is 9.17. The summed E-state index contributed by atoms with van der Waals surface area (Å²) in [5, 5.41) is 0. The van der Waals surface area contributed by atoms with Crippen molar-refractivity contribution in [2.24, 2.45) is 0 Å². The number of halogens is 1. The van der Waals surface area contributed by atoms with E-state index < -0.39 is 21.4 Å². The van der Waals surface area contributed by atoms with Gasteiger partial charge in [0.2, 0.25) is 15.9 Å². The van der Waals surface area contributed by atoms with E-state index in [4.69, 9.17) is 0 Å². The largest absolute Gasteiger partial charge is 0.343 e. The fourth-order valence-electron chi connectivity index (χ4n) is 2.35. The van der Waals surface area contributed by atoms with E-state index in [0.29, 0.717) is 6.54 Å². The Balaban J connectivity index is 2.44. The van der Waals surface area contributed by atoms with Crippen molar-refractivity contribution in [1.29, 1.82) is 0 Å². The highest BCUT2D eigenvalue weighted by atomic mass is 32.2. The lowest BCUT2D eigenvalue weighted by molar-refractivity contribution is -0.142. The summed E-state index contributed by atoms with van der Waals surface area (Å²) in [4.78, 5) is 13.6.